The largest absolute Gasteiger partial charge is 0.374 e. The molecular formula is C27H31N3O7S. The summed E-state index contributed by atoms with van der Waals surface area (Å²) in [5.41, 5.74) is -1.21. The second kappa shape index (κ2) is 10.2. The summed E-state index contributed by atoms with van der Waals surface area (Å²) in [4.78, 5) is 27.2. The smallest absolute Gasteiger partial charge is 0.330 e. The van der Waals surface area contributed by atoms with Gasteiger partial charge < -0.3 is 14.2 Å². The lowest BCUT2D eigenvalue weighted by atomic mass is 9.63. The van der Waals surface area contributed by atoms with Crippen molar-refractivity contribution < 1.29 is 22.6 Å². The van der Waals surface area contributed by atoms with Gasteiger partial charge in [-0.15, -0.1) is 0 Å². The third-order valence-electron chi connectivity index (χ3n) is 7.35. The summed E-state index contributed by atoms with van der Waals surface area (Å²) in [6.45, 7) is 2.22. The standard InChI is InChI=1S/C27H31N3O7S/c1-19-15-30(25(32)28-23(19)31)24-22(29-38(2,33)34)27(36-17-21-11-7-4-8-12-21)14-13-26(27,37-24)18-35-16-20-9-5-3-6-10-20/h3-12,15,22,24,29H,13-14,16-18H2,1-2H3,(H,28,31,32)/t22-,24+,26+,27?/m0/s1. The molecule has 2 aliphatic rings. The maximum absolute atomic E-state index is 12.9. The number of rotatable bonds is 10. The van der Waals surface area contributed by atoms with Crippen LogP contribution in [0.1, 0.15) is 35.8 Å². The molecule has 0 radical (unpaired) electrons. The van der Waals surface area contributed by atoms with Crippen LogP contribution in [0.25, 0.3) is 0 Å². The van der Waals surface area contributed by atoms with Gasteiger partial charge in [-0.1, -0.05) is 60.7 Å². The lowest BCUT2D eigenvalue weighted by Crippen LogP contribution is -2.70. The molecule has 11 heteroatoms. The molecule has 38 heavy (non-hydrogen) atoms. The first-order valence-corrected chi connectivity index (χ1v) is 14.3. The van der Waals surface area contributed by atoms with Gasteiger partial charge in [0.25, 0.3) is 5.56 Å². The van der Waals surface area contributed by atoms with E-state index in [-0.39, 0.29) is 13.2 Å². The molecule has 2 heterocycles. The zero-order valence-electron chi connectivity index (χ0n) is 21.3. The number of ether oxygens (including phenoxy) is 3. The minimum absolute atomic E-state index is 0.117. The van der Waals surface area contributed by atoms with Crippen LogP contribution in [0.3, 0.4) is 0 Å². The Morgan fingerprint density at radius 1 is 1.03 bits per heavy atom. The highest BCUT2D eigenvalue weighted by atomic mass is 32.2. The van der Waals surface area contributed by atoms with Crippen LogP contribution in [0.2, 0.25) is 0 Å². The zero-order chi connectivity index (χ0) is 27.0. The van der Waals surface area contributed by atoms with E-state index in [4.69, 9.17) is 14.2 Å². The first-order valence-electron chi connectivity index (χ1n) is 12.4. The number of nitrogens with zero attached hydrogens (tertiary/aromatic N) is 1. The fourth-order valence-corrected chi connectivity index (χ4v) is 6.14. The molecule has 202 valence electrons. The van der Waals surface area contributed by atoms with Crippen LogP contribution < -0.4 is 16.0 Å². The van der Waals surface area contributed by atoms with E-state index in [0.29, 0.717) is 25.0 Å². The van der Waals surface area contributed by atoms with Crippen LogP contribution in [0.15, 0.2) is 76.4 Å². The Balaban J connectivity index is 1.54. The summed E-state index contributed by atoms with van der Waals surface area (Å²) in [5, 5.41) is 0. The fraction of sp³-hybridized carbons (Fsp3) is 0.407. The van der Waals surface area contributed by atoms with E-state index < -0.39 is 44.7 Å². The number of sulfonamides is 1. The highest BCUT2D eigenvalue weighted by molar-refractivity contribution is 7.88. The van der Waals surface area contributed by atoms with Crippen molar-refractivity contribution in [3.8, 4) is 0 Å². The van der Waals surface area contributed by atoms with Gasteiger partial charge in [0.2, 0.25) is 10.0 Å². The fourth-order valence-electron chi connectivity index (χ4n) is 5.37. The molecule has 0 spiro atoms. The molecule has 2 fully saturated rings. The van der Waals surface area contributed by atoms with Gasteiger partial charge in [-0.25, -0.2) is 17.9 Å². The number of hydrogen-bond donors (Lipinski definition) is 2. The topological polar surface area (TPSA) is 129 Å². The van der Waals surface area contributed by atoms with Crippen LogP contribution in [0.4, 0.5) is 0 Å². The maximum Gasteiger partial charge on any atom is 0.330 e. The van der Waals surface area contributed by atoms with Crippen molar-refractivity contribution in [2.24, 2.45) is 0 Å². The average molecular weight is 542 g/mol. The molecule has 1 aliphatic heterocycles. The number of aromatic nitrogens is 2. The van der Waals surface area contributed by atoms with Crippen LogP contribution in [0.5, 0.6) is 0 Å². The Morgan fingerprint density at radius 2 is 1.66 bits per heavy atom. The molecule has 1 aromatic heterocycles. The van der Waals surface area contributed by atoms with Crippen molar-refractivity contribution in [1.82, 2.24) is 14.3 Å². The number of benzene rings is 2. The van der Waals surface area contributed by atoms with Crippen LogP contribution in [-0.2, 0) is 37.4 Å². The van der Waals surface area contributed by atoms with Gasteiger partial charge in [-0.3, -0.25) is 14.3 Å². The molecule has 3 aromatic rings. The molecule has 1 aliphatic carbocycles. The summed E-state index contributed by atoms with van der Waals surface area (Å²) in [5.74, 6) is 0. The molecule has 1 saturated heterocycles. The molecule has 4 atom stereocenters. The number of H-pyrrole nitrogens is 1. The van der Waals surface area contributed by atoms with E-state index in [1.165, 1.54) is 10.8 Å². The Kier molecular flexibility index (Phi) is 7.14. The average Bonchev–Trinajstić information content (AvgIpc) is 3.04. The highest BCUT2D eigenvalue weighted by Crippen LogP contribution is 2.59. The lowest BCUT2D eigenvalue weighted by molar-refractivity contribution is -0.254. The van der Waals surface area contributed by atoms with Gasteiger partial charge in [0, 0.05) is 11.8 Å². The molecule has 1 saturated carbocycles. The second-order valence-corrected chi connectivity index (χ2v) is 11.8. The number of aromatic amines is 1. The normalized spacial score (nSPS) is 26.6. The van der Waals surface area contributed by atoms with Gasteiger partial charge in [0.05, 0.1) is 32.1 Å². The van der Waals surface area contributed by atoms with Crippen molar-refractivity contribution in [2.45, 2.75) is 56.5 Å². The summed E-state index contributed by atoms with van der Waals surface area (Å²) in [6.07, 6.45) is 2.38. The van der Waals surface area contributed by atoms with Crippen molar-refractivity contribution >= 4 is 10.0 Å². The predicted molar refractivity (Wildman–Crippen MR) is 140 cm³/mol. The first kappa shape index (κ1) is 26.5. The third kappa shape index (κ3) is 4.99. The minimum atomic E-state index is -3.75. The van der Waals surface area contributed by atoms with Crippen LogP contribution in [0, 0.1) is 6.92 Å². The minimum Gasteiger partial charge on any atom is -0.374 e. The van der Waals surface area contributed by atoms with Crippen LogP contribution >= 0.6 is 0 Å². The van der Waals surface area contributed by atoms with Crippen molar-refractivity contribution in [3.05, 3.63) is 104 Å². The summed E-state index contributed by atoms with van der Waals surface area (Å²) < 4.78 is 48.3. The zero-order valence-corrected chi connectivity index (χ0v) is 22.1. The summed E-state index contributed by atoms with van der Waals surface area (Å²) >= 11 is 0. The van der Waals surface area contributed by atoms with Crippen molar-refractivity contribution in [1.29, 1.82) is 0 Å². The van der Waals surface area contributed by atoms with E-state index in [9.17, 15) is 18.0 Å². The number of aryl methyl sites for hydroxylation is 1. The molecule has 2 N–H and O–H groups in total. The maximum atomic E-state index is 12.9. The Hall–Kier alpha value is -3.09. The molecule has 0 bridgehead atoms. The van der Waals surface area contributed by atoms with E-state index in [1.54, 1.807) is 6.92 Å². The molecule has 10 nitrogen and oxygen atoms in total. The van der Waals surface area contributed by atoms with Gasteiger partial charge in [-0.05, 0) is 30.9 Å². The summed E-state index contributed by atoms with van der Waals surface area (Å²) in [7, 11) is -3.75. The third-order valence-corrected chi connectivity index (χ3v) is 8.03. The van der Waals surface area contributed by atoms with E-state index in [0.717, 1.165) is 17.4 Å². The molecular weight excluding hydrogens is 510 g/mol. The van der Waals surface area contributed by atoms with Gasteiger partial charge in [-0.2, -0.15) is 0 Å². The number of hydrogen-bond acceptors (Lipinski definition) is 7. The first-order chi connectivity index (χ1) is 18.1. The van der Waals surface area contributed by atoms with Crippen LogP contribution in [-0.4, -0.2) is 48.1 Å². The molecule has 5 rings (SSSR count). The Bertz CT molecular complexity index is 1510. The van der Waals surface area contributed by atoms with Gasteiger partial charge in [0.15, 0.2) is 6.23 Å². The quantitative estimate of drug-likeness (QED) is 0.402. The molecule has 0 amide bonds. The lowest BCUT2D eigenvalue weighted by Gasteiger charge is -2.54. The number of fused-ring (bicyclic) bond motifs is 1. The van der Waals surface area contributed by atoms with Gasteiger partial charge >= 0.3 is 5.69 Å². The summed E-state index contributed by atoms with van der Waals surface area (Å²) in [6, 6.07) is 18.3. The monoisotopic (exact) mass is 541 g/mol. The van der Waals surface area contributed by atoms with E-state index in [2.05, 4.69) is 9.71 Å². The SMILES string of the molecule is Cc1cn([C@@H]2O[C@@]3(COCc4ccccc4)CCC3(OCc3ccccc3)[C@H]2NS(C)(=O)=O)c(=O)[nH]c1=O. The van der Waals surface area contributed by atoms with Gasteiger partial charge in [0.1, 0.15) is 11.2 Å². The van der Waals surface area contributed by atoms with Crippen molar-refractivity contribution in [3.63, 3.8) is 0 Å². The Morgan fingerprint density at radius 3 is 2.24 bits per heavy atom. The number of nitrogens with one attached hydrogen (secondary N) is 2. The molecule has 1 unspecified atom stereocenters. The predicted octanol–water partition coefficient (Wildman–Crippen LogP) is 2.00. The second-order valence-electron chi connectivity index (χ2n) is 9.99. The van der Waals surface area contributed by atoms with E-state index in [1.807, 2.05) is 60.7 Å². The van der Waals surface area contributed by atoms with Crippen molar-refractivity contribution in [2.75, 3.05) is 12.9 Å². The highest BCUT2D eigenvalue weighted by Gasteiger charge is 2.73. The molecule has 2 aromatic carbocycles. The Labute approximate surface area is 220 Å². The van der Waals surface area contributed by atoms with E-state index >= 15 is 0 Å².